The predicted molar refractivity (Wildman–Crippen MR) is 38.4 cm³/mol. The molecule has 1 saturated heterocycles. The lowest BCUT2D eigenvalue weighted by atomic mass is 10.1. The van der Waals surface area contributed by atoms with Crippen LogP contribution in [0.15, 0.2) is 0 Å². The molecule has 0 bridgehead atoms. The van der Waals surface area contributed by atoms with E-state index >= 15 is 0 Å². The second-order valence-electron chi connectivity index (χ2n) is 3.80. The lowest BCUT2D eigenvalue weighted by Gasteiger charge is -2.37. The van der Waals surface area contributed by atoms with Gasteiger partial charge in [0.15, 0.2) is 0 Å². The SMILES string of the molecule is CC1CC1(C)N1CCC1. The van der Waals surface area contributed by atoms with Gasteiger partial charge in [0.2, 0.25) is 0 Å². The molecule has 9 heavy (non-hydrogen) atoms. The van der Waals surface area contributed by atoms with E-state index in [1.54, 1.807) is 0 Å². The van der Waals surface area contributed by atoms with Crippen LogP contribution >= 0.6 is 0 Å². The molecule has 2 fully saturated rings. The molecule has 0 spiro atoms. The third-order valence-electron chi connectivity index (χ3n) is 3.20. The molecule has 1 heterocycles. The Morgan fingerprint density at radius 1 is 1.44 bits per heavy atom. The van der Waals surface area contributed by atoms with Crippen molar-refractivity contribution in [3.8, 4) is 0 Å². The summed E-state index contributed by atoms with van der Waals surface area (Å²) in [6.45, 7) is 7.48. The minimum Gasteiger partial charge on any atom is -0.298 e. The molecule has 1 saturated carbocycles. The molecule has 1 heteroatoms. The van der Waals surface area contributed by atoms with Gasteiger partial charge < -0.3 is 0 Å². The molecule has 52 valence electrons. The molecule has 1 aliphatic carbocycles. The first-order valence-electron chi connectivity index (χ1n) is 3.98. The summed E-state index contributed by atoms with van der Waals surface area (Å²) in [6.07, 6.45) is 2.87. The summed E-state index contributed by atoms with van der Waals surface area (Å²) in [4.78, 5) is 2.62. The Kier molecular flexibility index (Phi) is 0.963. The Bertz CT molecular complexity index is 129. The van der Waals surface area contributed by atoms with Gasteiger partial charge in [0, 0.05) is 5.54 Å². The zero-order chi connectivity index (χ0) is 6.48. The summed E-state index contributed by atoms with van der Waals surface area (Å²) in [5, 5.41) is 0. The summed E-state index contributed by atoms with van der Waals surface area (Å²) < 4.78 is 0. The second-order valence-corrected chi connectivity index (χ2v) is 3.80. The molecule has 0 amide bonds. The third-order valence-corrected chi connectivity index (χ3v) is 3.20. The van der Waals surface area contributed by atoms with Crippen molar-refractivity contribution in [3.05, 3.63) is 0 Å². The first-order chi connectivity index (χ1) is 4.23. The van der Waals surface area contributed by atoms with Crippen molar-refractivity contribution < 1.29 is 0 Å². The predicted octanol–water partition coefficient (Wildman–Crippen LogP) is 1.49. The first-order valence-corrected chi connectivity index (χ1v) is 3.98. The molecule has 2 aliphatic rings. The van der Waals surface area contributed by atoms with E-state index in [4.69, 9.17) is 0 Å². The molecule has 2 rings (SSSR count). The fourth-order valence-corrected chi connectivity index (χ4v) is 1.83. The van der Waals surface area contributed by atoms with Crippen molar-refractivity contribution in [2.75, 3.05) is 13.1 Å². The molecule has 0 aromatic rings. The Balaban J connectivity index is 1.97. The van der Waals surface area contributed by atoms with Crippen LogP contribution in [0.25, 0.3) is 0 Å². The van der Waals surface area contributed by atoms with Crippen LogP contribution in [0.2, 0.25) is 0 Å². The van der Waals surface area contributed by atoms with E-state index in [1.165, 1.54) is 25.9 Å². The Morgan fingerprint density at radius 2 is 2.00 bits per heavy atom. The first kappa shape index (κ1) is 5.72. The summed E-state index contributed by atoms with van der Waals surface area (Å²) in [7, 11) is 0. The van der Waals surface area contributed by atoms with Gasteiger partial charge in [-0.1, -0.05) is 6.92 Å². The van der Waals surface area contributed by atoms with Gasteiger partial charge in [0.1, 0.15) is 0 Å². The molecule has 1 nitrogen and oxygen atoms in total. The zero-order valence-corrected chi connectivity index (χ0v) is 6.35. The molecule has 2 unspecified atom stereocenters. The van der Waals surface area contributed by atoms with Crippen molar-refractivity contribution in [3.63, 3.8) is 0 Å². The van der Waals surface area contributed by atoms with Crippen LogP contribution in [-0.2, 0) is 0 Å². The van der Waals surface area contributed by atoms with Crippen LogP contribution in [-0.4, -0.2) is 23.5 Å². The molecule has 2 atom stereocenters. The third kappa shape index (κ3) is 0.644. The van der Waals surface area contributed by atoms with E-state index in [0.717, 1.165) is 5.92 Å². The summed E-state index contributed by atoms with van der Waals surface area (Å²) in [5.74, 6) is 0.970. The van der Waals surface area contributed by atoms with Gasteiger partial charge in [-0.3, -0.25) is 4.90 Å². The van der Waals surface area contributed by atoms with Crippen LogP contribution in [0.1, 0.15) is 26.7 Å². The van der Waals surface area contributed by atoms with Gasteiger partial charge in [-0.15, -0.1) is 0 Å². The van der Waals surface area contributed by atoms with Gasteiger partial charge in [0.25, 0.3) is 0 Å². The highest BCUT2D eigenvalue weighted by Crippen LogP contribution is 2.49. The fourth-order valence-electron chi connectivity index (χ4n) is 1.83. The maximum Gasteiger partial charge on any atom is 0.0210 e. The average molecular weight is 125 g/mol. The van der Waals surface area contributed by atoms with Crippen LogP contribution in [0.3, 0.4) is 0 Å². The molecular formula is C8H15N. The topological polar surface area (TPSA) is 3.24 Å². The van der Waals surface area contributed by atoms with Gasteiger partial charge in [-0.05, 0) is 38.8 Å². The minimum atomic E-state index is 0.637. The van der Waals surface area contributed by atoms with Crippen molar-refractivity contribution in [2.24, 2.45) is 5.92 Å². The quantitative estimate of drug-likeness (QED) is 0.513. The highest BCUT2D eigenvalue weighted by atomic mass is 15.3. The van der Waals surface area contributed by atoms with E-state index in [-0.39, 0.29) is 0 Å². The van der Waals surface area contributed by atoms with Gasteiger partial charge in [-0.25, -0.2) is 0 Å². The van der Waals surface area contributed by atoms with Crippen molar-refractivity contribution >= 4 is 0 Å². The number of likely N-dealkylation sites (tertiary alicyclic amines) is 1. The maximum atomic E-state index is 2.62. The average Bonchev–Trinajstić information content (AvgIpc) is 2.07. The van der Waals surface area contributed by atoms with E-state index in [9.17, 15) is 0 Å². The standard InChI is InChI=1S/C8H15N/c1-7-6-8(7,2)9-4-3-5-9/h7H,3-6H2,1-2H3. The molecular weight excluding hydrogens is 110 g/mol. The minimum absolute atomic E-state index is 0.637. The van der Waals surface area contributed by atoms with Crippen molar-refractivity contribution in [2.45, 2.75) is 32.2 Å². The van der Waals surface area contributed by atoms with E-state index in [0.29, 0.717) is 5.54 Å². The molecule has 0 radical (unpaired) electrons. The van der Waals surface area contributed by atoms with Crippen LogP contribution < -0.4 is 0 Å². The van der Waals surface area contributed by atoms with Crippen LogP contribution in [0, 0.1) is 5.92 Å². The van der Waals surface area contributed by atoms with E-state index in [1.807, 2.05) is 0 Å². The molecule has 1 aliphatic heterocycles. The smallest absolute Gasteiger partial charge is 0.0210 e. The van der Waals surface area contributed by atoms with Crippen LogP contribution in [0.5, 0.6) is 0 Å². The monoisotopic (exact) mass is 125 g/mol. The summed E-state index contributed by atoms with van der Waals surface area (Å²) >= 11 is 0. The Labute approximate surface area is 57.0 Å². The van der Waals surface area contributed by atoms with Gasteiger partial charge in [-0.2, -0.15) is 0 Å². The Morgan fingerprint density at radius 3 is 2.11 bits per heavy atom. The summed E-state index contributed by atoms with van der Waals surface area (Å²) in [5.41, 5.74) is 0.637. The largest absolute Gasteiger partial charge is 0.298 e. The van der Waals surface area contributed by atoms with Crippen molar-refractivity contribution in [1.29, 1.82) is 0 Å². The fraction of sp³-hybridized carbons (Fsp3) is 1.00. The lowest BCUT2D eigenvalue weighted by molar-refractivity contribution is 0.103. The maximum absolute atomic E-state index is 2.62. The zero-order valence-electron chi connectivity index (χ0n) is 6.35. The second kappa shape index (κ2) is 1.51. The summed E-state index contributed by atoms with van der Waals surface area (Å²) in [6, 6.07) is 0. The number of rotatable bonds is 1. The highest BCUT2D eigenvalue weighted by Gasteiger charge is 2.52. The van der Waals surface area contributed by atoms with Gasteiger partial charge >= 0.3 is 0 Å². The lowest BCUT2D eigenvalue weighted by Crippen LogP contribution is -2.46. The van der Waals surface area contributed by atoms with Crippen LogP contribution in [0.4, 0.5) is 0 Å². The van der Waals surface area contributed by atoms with Gasteiger partial charge in [0.05, 0.1) is 0 Å². The number of hydrogen-bond donors (Lipinski definition) is 0. The molecule has 0 aromatic carbocycles. The Hall–Kier alpha value is -0.0400. The number of nitrogens with zero attached hydrogens (tertiary/aromatic N) is 1. The molecule has 0 N–H and O–H groups in total. The van der Waals surface area contributed by atoms with E-state index in [2.05, 4.69) is 18.7 Å². The highest BCUT2D eigenvalue weighted by molar-refractivity contribution is 5.07. The van der Waals surface area contributed by atoms with E-state index < -0.39 is 0 Å². The van der Waals surface area contributed by atoms with Crippen molar-refractivity contribution in [1.82, 2.24) is 4.90 Å². The normalized spacial score (nSPS) is 50.7. The molecule has 0 aromatic heterocycles. The number of hydrogen-bond acceptors (Lipinski definition) is 1.